The lowest BCUT2D eigenvalue weighted by molar-refractivity contribution is 0.0352. The van der Waals surface area contributed by atoms with Gasteiger partial charge in [0.15, 0.2) is 0 Å². The molecule has 0 amide bonds. The highest BCUT2D eigenvalue weighted by atomic mass is 15.2. The van der Waals surface area contributed by atoms with Crippen molar-refractivity contribution in [2.24, 2.45) is 0 Å². The smallest absolute Gasteiger partial charge is 0.0248 e. The van der Waals surface area contributed by atoms with Crippen molar-refractivity contribution in [3.8, 4) is 0 Å². The molecule has 0 spiro atoms. The van der Waals surface area contributed by atoms with Crippen molar-refractivity contribution in [2.75, 3.05) is 27.2 Å². The Morgan fingerprint density at radius 1 is 0.833 bits per heavy atom. The van der Waals surface area contributed by atoms with Crippen LogP contribution in [0.15, 0.2) is 0 Å². The van der Waals surface area contributed by atoms with Crippen molar-refractivity contribution in [3.63, 3.8) is 0 Å². The average Bonchev–Trinajstić information content (AvgIpc) is 2.07. The maximum Gasteiger partial charge on any atom is 0.0248 e. The van der Waals surface area contributed by atoms with Gasteiger partial charge in [0.05, 0.1) is 0 Å². The molecule has 0 N–H and O–H groups in total. The maximum absolute atomic E-state index is 2.56. The van der Waals surface area contributed by atoms with E-state index in [9.17, 15) is 0 Å². The van der Waals surface area contributed by atoms with Crippen LogP contribution >= 0.6 is 0 Å². The normalized spacial score (nSPS) is 39.5. The monoisotopic (exact) mass is 168 g/mol. The minimum absolute atomic E-state index is 0.859. The number of rotatable bonds is 0. The Hall–Kier alpha value is -0.0800. The molecule has 0 aromatic carbocycles. The first-order chi connectivity index (χ1) is 5.79. The fraction of sp³-hybridized carbons (Fsp3) is 1.00. The first-order valence-corrected chi connectivity index (χ1v) is 5.19. The summed E-state index contributed by atoms with van der Waals surface area (Å²) < 4.78 is 0. The van der Waals surface area contributed by atoms with Gasteiger partial charge in [-0.05, 0) is 52.9 Å². The van der Waals surface area contributed by atoms with Gasteiger partial charge >= 0.3 is 0 Å². The summed E-state index contributed by atoms with van der Waals surface area (Å²) in [5.74, 6) is 0. The molecule has 2 heteroatoms. The number of nitrogens with zero attached hydrogens (tertiary/aromatic N) is 2. The number of fused-ring (bicyclic) bond motifs is 1. The van der Waals surface area contributed by atoms with Gasteiger partial charge in [-0.25, -0.2) is 0 Å². The summed E-state index contributed by atoms with van der Waals surface area (Å²) in [4.78, 5) is 5.12. The summed E-state index contributed by atoms with van der Waals surface area (Å²) in [6.07, 6.45) is 5.63. The van der Waals surface area contributed by atoms with E-state index in [1.165, 1.54) is 38.8 Å². The molecule has 2 fully saturated rings. The Labute approximate surface area is 75.5 Å². The third-order valence-corrected chi connectivity index (χ3v) is 3.60. The number of piperidine rings is 2. The highest BCUT2D eigenvalue weighted by molar-refractivity contribution is 4.91. The summed E-state index contributed by atoms with van der Waals surface area (Å²) in [7, 11) is 4.58. The molecule has 0 unspecified atom stereocenters. The van der Waals surface area contributed by atoms with E-state index < -0.39 is 0 Å². The maximum atomic E-state index is 2.56. The van der Waals surface area contributed by atoms with E-state index in [1.807, 2.05) is 0 Å². The summed E-state index contributed by atoms with van der Waals surface area (Å²) in [5.41, 5.74) is 0. The summed E-state index contributed by atoms with van der Waals surface area (Å²) in [5, 5.41) is 0. The van der Waals surface area contributed by atoms with E-state index in [-0.39, 0.29) is 0 Å². The highest BCUT2D eigenvalue weighted by Gasteiger charge is 2.33. The molecule has 70 valence electrons. The Kier molecular flexibility index (Phi) is 2.37. The van der Waals surface area contributed by atoms with Crippen LogP contribution in [-0.2, 0) is 0 Å². The summed E-state index contributed by atoms with van der Waals surface area (Å²) >= 11 is 0. The average molecular weight is 168 g/mol. The molecule has 0 aromatic rings. The number of likely N-dealkylation sites (N-methyl/N-ethyl adjacent to an activating group) is 2. The molecule has 2 aliphatic rings. The number of hydrogen-bond acceptors (Lipinski definition) is 2. The molecule has 2 saturated heterocycles. The third kappa shape index (κ3) is 1.38. The van der Waals surface area contributed by atoms with E-state index in [1.54, 1.807) is 0 Å². The zero-order valence-corrected chi connectivity index (χ0v) is 8.29. The largest absolute Gasteiger partial charge is 0.302 e. The predicted molar refractivity (Wildman–Crippen MR) is 51.3 cm³/mol. The van der Waals surface area contributed by atoms with Crippen LogP contribution in [0.5, 0.6) is 0 Å². The van der Waals surface area contributed by atoms with Crippen LogP contribution in [0.4, 0.5) is 0 Å². The van der Waals surface area contributed by atoms with Crippen LogP contribution < -0.4 is 0 Å². The third-order valence-electron chi connectivity index (χ3n) is 3.60. The SMILES string of the molecule is CN1CCC[C@@H]2[C@H]1CCCN2C. The van der Waals surface area contributed by atoms with E-state index in [0.717, 1.165) is 12.1 Å². The summed E-state index contributed by atoms with van der Waals surface area (Å²) in [6, 6.07) is 1.72. The van der Waals surface area contributed by atoms with E-state index >= 15 is 0 Å². The lowest BCUT2D eigenvalue weighted by atomic mass is 9.89. The molecule has 2 nitrogen and oxygen atoms in total. The Bertz CT molecular complexity index is 140. The fourth-order valence-corrected chi connectivity index (χ4v) is 2.84. The second kappa shape index (κ2) is 3.35. The molecular weight excluding hydrogens is 148 g/mol. The van der Waals surface area contributed by atoms with Crippen molar-refractivity contribution in [3.05, 3.63) is 0 Å². The second-order valence-corrected chi connectivity index (χ2v) is 4.38. The van der Waals surface area contributed by atoms with Crippen molar-refractivity contribution < 1.29 is 0 Å². The minimum Gasteiger partial charge on any atom is -0.302 e. The molecule has 2 aliphatic heterocycles. The van der Waals surface area contributed by atoms with E-state index in [0.29, 0.717) is 0 Å². The molecule has 0 radical (unpaired) electrons. The molecule has 0 aromatic heterocycles. The van der Waals surface area contributed by atoms with Gasteiger partial charge < -0.3 is 9.80 Å². The number of hydrogen-bond donors (Lipinski definition) is 0. The molecule has 2 atom stereocenters. The Morgan fingerprint density at radius 2 is 1.25 bits per heavy atom. The molecule has 12 heavy (non-hydrogen) atoms. The lowest BCUT2D eigenvalue weighted by Gasteiger charge is -2.47. The molecular formula is C10H20N2. The van der Waals surface area contributed by atoms with E-state index in [2.05, 4.69) is 23.9 Å². The van der Waals surface area contributed by atoms with Gasteiger partial charge in [0.1, 0.15) is 0 Å². The van der Waals surface area contributed by atoms with Crippen LogP contribution in [-0.4, -0.2) is 49.1 Å². The van der Waals surface area contributed by atoms with Crippen LogP contribution in [0.3, 0.4) is 0 Å². The lowest BCUT2D eigenvalue weighted by Crippen LogP contribution is -2.55. The predicted octanol–water partition coefficient (Wildman–Crippen LogP) is 1.17. The van der Waals surface area contributed by atoms with Gasteiger partial charge in [-0.2, -0.15) is 0 Å². The zero-order chi connectivity index (χ0) is 8.55. The van der Waals surface area contributed by atoms with Gasteiger partial charge in [0.25, 0.3) is 0 Å². The molecule has 2 rings (SSSR count). The Morgan fingerprint density at radius 3 is 1.67 bits per heavy atom. The van der Waals surface area contributed by atoms with Crippen molar-refractivity contribution in [2.45, 2.75) is 37.8 Å². The van der Waals surface area contributed by atoms with Gasteiger partial charge in [0, 0.05) is 12.1 Å². The second-order valence-electron chi connectivity index (χ2n) is 4.38. The van der Waals surface area contributed by atoms with Crippen LogP contribution in [0.2, 0.25) is 0 Å². The fourth-order valence-electron chi connectivity index (χ4n) is 2.84. The molecule has 0 bridgehead atoms. The highest BCUT2D eigenvalue weighted by Crippen LogP contribution is 2.27. The topological polar surface area (TPSA) is 6.48 Å². The molecule has 2 heterocycles. The quantitative estimate of drug-likeness (QED) is 0.536. The first kappa shape index (κ1) is 8.52. The van der Waals surface area contributed by atoms with Gasteiger partial charge in [0.2, 0.25) is 0 Å². The summed E-state index contributed by atoms with van der Waals surface area (Å²) in [6.45, 7) is 2.63. The van der Waals surface area contributed by atoms with Gasteiger partial charge in [-0.3, -0.25) is 0 Å². The molecule has 0 saturated carbocycles. The Balaban J connectivity index is 2.05. The molecule has 0 aliphatic carbocycles. The minimum atomic E-state index is 0.859. The van der Waals surface area contributed by atoms with Crippen LogP contribution in [0.1, 0.15) is 25.7 Å². The van der Waals surface area contributed by atoms with Crippen molar-refractivity contribution in [1.82, 2.24) is 9.80 Å². The van der Waals surface area contributed by atoms with E-state index in [4.69, 9.17) is 0 Å². The standard InChI is InChI=1S/C10H20N2/c1-11-7-3-6-10-9(11)5-4-8-12(10)2/h9-10H,3-8H2,1-2H3/t9-,10-/m1/s1. The zero-order valence-electron chi connectivity index (χ0n) is 8.29. The van der Waals surface area contributed by atoms with Gasteiger partial charge in [-0.1, -0.05) is 0 Å². The van der Waals surface area contributed by atoms with Crippen molar-refractivity contribution >= 4 is 0 Å². The number of likely N-dealkylation sites (tertiary alicyclic amines) is 2. The van der Waals surface area contributed by atoms with Crippen LogP contribution in [0, 0.1) is 0 Å². The van der Waals surface area contributed by atoms with Crippen molar-refractivity contribution in [1.29, 1.82) is 0 Å². The first-order valence-electron chi connectivity index (χ1n) is 5.19. The van der Waals surface area contributed by atoms with Crippen LogP contribution in [0.25, 0.3) is 0 Å². The van der Waals surface area contributed by atoms with Gasteiger partial charge in [-0.15, -0.1) is 0 Å².